The summed E-state index contributed by atoms with van der Waals surface area (Å²) in [6.45, 7) is 4.77. The first-order chi connectivity index (χ1) is 8.58. The van der Waals surface area contributed by atoms with Crippen LogP contribution in [-0.2, 0) is 6.54 Å². The van der Waals surface area contributed by atoms with Crippen LogP contribution in [0, 0.1) is 5.82 Å². The van der Waals surface area contributed by atoms with Crippen molar-refractivity contribution in [2.24, 2.45) is 0 Å². The Bertz CT molecular complexity index is 536. The topological polar surface area (TPSA) is 25.2 Å². The summed E-state index contributed by atoms with van der Waals surface area (Å²) in [6, 6.07) is 6.91. The van der Waals surface area contributed by atoms with Crippen LogP contribution in [-0.4, -0.2) is 6.04 Å². The van der Waals surface area contributed by atoms with Gasteiger partial charge < -0.3 is 9.73 Å². The van der Waals surface area contributed by atoms with Crippen molar-refractivity contribution in [3.05, 3.63) is 47.1 Å². The highest BCUT2D eigenvalue weighted by Gasteiger charge is 2.10. The molecule has 0 amide bonds. The van der Waals surface area contributed by atoms with E-state index < -0.39 is 5.82 Å². The Morgan fingerprint density at radius 3 is 2.78 bits per heavy atom. The molecule has 4 heteroatoms. The molecule has 0 aliphatic rings. The normalized spacial score (nSPS) is 11.2. The third-order valence-electron chi connectivity index (χ3n) is 2.65. The molecule has 2 rings (SSSR count). The highest BCUT2D eigenvalue weighted by Crippen LogP contribution is 2.28. The first kappa shape index (κ1) is 13.1. The summed E-state index contributed by atoms with van der Waals surface area (Å²) in [5.41, 5.74) is 1.79. The van der Waals surface area contributed by atoms with E-state index in [1.807, 2.05) is 6.07 Å². The largest absolute Gasteiger partial charge is 0.467 e. The highest BCUT2D eigenvalue weighted by atomic mass is 35.5. The number of nitrogens with one attached hydrogen (secondary N) is 1. The van der Waals surface area contributed by atoms with Crippen LogP contribution in [0.3, 0.4) is 0 Å². The van der Waals surface area contributed by atoms with E-state index in [1.165, 1.54) is 6.07 Å². The quantitative estimate of drug-likeness (QED) is 0.896. The molecule has 0 aliphatic heterocycles. The molecule has 0 bridgehead atoms. The Balaban J connectivity index is 2.27. The molecule has 2 nitrogen and oxygen atoms in total. The molecule has 0 saturated heterocycles. The Hall–Kier alpha value is -1.32. The van der Waals surface area contributed by atoms with Crippen LogP contribution in [0.2, 0.25) is 5.02 Å². The number of rotatable bonds is 4. The minimum atomic E-state index is -0.411. The fraction of sp³-hybridized carbons (Fsp3) is 0.286. The molecule has 2 aromatic rings. The molecule has 1 aromatic heterocycles. The maximum atomic E-state index is 13.1. The third kappa shape index (κ3) is 2.92. The van der Waals surface area contributed by atoms with E-state index in [2.05, 4.69) is 19.2 Å². The van der Waals surface area contributed by atoms with Crippen molar-refractivity contribution < 1.29 is 8.81 Å². The van der Waals surface area contributed by atoms with Gasteiger partial charge in [0.25, 0.3) is 0 Å². The van der Waals surface area contributed by atoms with Gasteiger partial charge in [-0.2, -0.15) is 0 Å². The average Bonchev–Trinajstić information content (AvgIpc) is 2.78. The first-order valence-corrected chi connectivity index (χ1v) is 6.21. The molecular formula is C14H15ClFNO. The SMILES string of the molecule is CC(C)NCc1occc1-c1ccc(F)c(Cl)c1. The van der Waals surface area contributed by atoms with Crippen molar-refractivity contribution >= 4 is 11.6 Å². The molecule has 0 spiro atoms. The predicted octanol–water partition coefficient (Wildman–Crippen LogP) is 4.24. The van der Waals surface area contributed by atoms with E-state index in [4.69, 9.17) is 16.0 Å². The van der Waals surface area contributed by atoms with Gasteiger partial charge in [-0.25, -0.2) is 4.39 Å². The van der Waals surface area contributed by atoms with E-state index in [1.54, 1.807) is 18.4 Å². The highest BCUT2D eigenvalue weighted by molar-refractivity contribution is 6.31. The minimum Gasteiger partial charge on any atom is -0.467 e. The maximum Gasteiger partial charge on any atom is 0.141 e. The molecule has 0 unspecified atom stereocenters. The standard InChI is InChI=1S/C14H15ClFNO/c1-9(2)17-8-14-11(5-6-18-14)10-3-4-13(16)12(15)7-10/h3-7,9,17H,8H2,1-2H3. The average molecular weight is 268 g/mol. The summed E-state index contributed by atoms with van der Waals surface area (Å²) in [5.74, 6) is 0.414. The molecule has 0 fully saturated rings. The lowest BCUT2D eigenvalue weighted by Crippen LogP contribution is -2.21. The predicted molar refractivity (Wildman–Crippen MR) is 71.1 cm³/mol. The van der Waals surface area contributed by atoms with E-state index >= 15 is 0 Å². The summed E-state index contributed by atoms with van der Waals surface area (Å²) >= 11 is 5.79. The number of furan rings is 1. The Morgan fingerprint density at radius 2 is 2.11 bits per heavy atom. The van der Waals surface area contributed by atoms with Crippen molar-refractivity contribution in [2.45, 2.75) is 26.4 Å². The molecule has 0 radical (unpaired) electrons. The zero-order chi connectivity index (χ0) is 13.1. The van der Waals surface area contributed by atoms with Crippen molar-refractivity contribution in [3.8, 4) is 11.1 Å². The van der Waals surface area contributed by atoms with E-state index in [-0.39, 0.29) is 5.02 Å². The molecule has 0 atom stereocenters. The zero-order valence-corrected chi connectivity index (χ0v) is 11.1. The van der Waals surface area contributed by atoms with Crippen molar-refractivity contribution in [1.29, 1.82) is 0 Å². The Labute approximate surface area is 111 Å². The van der Waals surface area contributed by atoms with E-state index in [9.17, 15) is 4.39 Å². The second kappa shape index (κ2) is 5.55. The molecule has 0 saturated carbocycles. The summed E-state index contributed by atoms with van der Waals surface area (Å²) in [4.78, 5) is 0. The van der Waals surface area contributed by atoms with Gasteiger partial charge in [-0.05, 0) is 23.8 Å². The van der Waals surface area contributed by atoms with Crippen LogP contribution in [0.25, 0.3) is 11.1 Å². The molecule has 1 N–H and O–H groups in total. The first-order valence-electron chi connectivity index (χ1n) is 5.83. The molecule has 18 heavy (non-hydrogen) atoms. The van der Waals surface area contributed by atoms with E-state index in [0.29, 0.717) is 12.6 Å². The molecule has 1 heterocycles. The van der Waals surface area contributed by atoms with Crippen LogP contribution in [0.1, 0.15) is 19.6 Å². The fourth-order valence-corrected chi connectivity index (χ4v) is 1.88. The minimum absolute atomic E-state index is 0.122. The van der Waals surface area contributed by atoms with Gasteiger partial charge in [-0.15, -0.1) is 0 Å². The van der Waals surface area contributed by atoms with Gasteiger partial charge in [0.2, 0.25) is 0 Å². The van der Waals surface area contributed by atoms with Gasteiger partial charge in [0.05, 0.1) is 17.8 Å². The van der Waals surface area contributed by atoms with Crippen LogP contribution in [0.4, 0.5) is 4.39 Å². The molecule has 1 aromatic carbocycles. The molecule has 0 aliphatic carbocycles. The lowest BCUT2D eigenvalue weighted by molar-refractivity contribution is 0.466. The third-order valence-corrected chi connectivity index (χ3v) is 2.94. The van der Waals surface area contributed by atoms with Crippen LogP contribution in [0.15, 0.2) is 34.9 Å². The van der Waals surface area contributed by atoms with Crippen molar-refractivity contribution in [3.63, 3.8) is 0 Å². The lowest BCUT2D eigenvalue weighted by Gasteiger charge is -2.08. The van der Waals surface area contributed by atoms with E-state index in [0.717, 1.165) is 16.9 Å². The van der Waals surface area contributed by atoms with Crippen LogP contribution >= 0.6 is 11.6 Å². The lowest BCUT2D eigenvalue weighted by atomic mass is 10.1. The number of hydrogen-bond donors (Lipinski definition) is 1. The Morgan fingerprint density at radius 1 is 1.33 bits per heavy atom. The van der Waals surface area contributed by atoms with Crippen molar-refractivity contribution in [1.82, 2.24) is 5.32 Å². The van der Waals surface area contributed by atoms with Gasteiger partial charge in [0.15, 0.2) is 0 Å². The van der Waals surface area contributed by atoms with Gasteiger partial charge in [-0.1, -0.05) is 31.5 Å². The zero-order valence-electron chi connectivity index (χ0n) is 10.3. The number of halogens is 2. The Kier molecular flexibility index (Phi) is 4.04. The summed E-state index contributed by atoms with van der Waals surface area (Å²) < 4.78 is 18.6. The second-order valence-electron chi connectivity index (χ2n) is 4.42. The molecule has 96 valence electrons. The monoisotopic (exact) mass is 267 g/mol. The van der Waals surface area contributed by atoms with Crippen LogP contribution in [0.5, 0.6) is 0 Å². The van der Waals surface area contributed by atoms with Crippen molar-refractivity contribution in [2.75, 3.05) is 0 Å². The number of benzene rings is 1. The molecular weight excluding hydrogens is 253 g/mol. The summed E-state index contributed by atoms with van der Waals surface area (Å²) in [5, 5.41) is 3.40. The van der Waals surface area contributed by atoms with Gasteiger partial charge in [0, 0.05) is 11.6 Å². The van der Waals surface area contributed by atoms with Crippen LogP contribution < -0.4 is 5.32 Å². The summed E-state index contributed by atoms with van der Waals surface area (Å²) in [6.07, 6.45) is 1.63. The summed E-state index contributed by atoms with van der Waals surface area (Å²) in [7, 11) is 0. The van der Waals surface area contributed by atoms with Gasteiger partial charge >= 0.3 is 0 Å². The van der Waals surface area contributed by atoms with Gasteiger partial charge in [-0.3, -0.25) is 0 Å². The fourth-order valence-electron chi connectivity index (χ4n) is 1.70. The second-order valence-corrected chi connectivity index (χ2v) is 4.83. The van der Waals surface area contributed by atoms with Gasteiger partial charge in [0.1, 0.15) is 11.6 Å². The number of hydrogen-bond acceptors (Lipinski definition) is 2. The smallest absolute Gasteiger partial charge is 0.141 e. The maximum absolute atomic E-state index is 13.1.